The third-order valence-electron chi connectivity index (χ3n) is 2.52. The molecule has 1 atom stereocenters. The minimum Gasteiger partial charge on any atom is -0.479 e. The molecule has 1 aliphatic rings. The van der Waals surface area contributed by atoms with E-state index in [4.69, 9.17) is 21.4 Å². The van der Waals surface area contributed by atoms with Crippen molar-refractivity contribution in [1.29, 1.82) is 0 Å². The van der Waals surface area contributed by atoms with Crippen molar-refractivity contribution in [3.63, 3.8) is 0 Å². The van der Waals surface area contributed by atoms with Crippen molar-refractivity contribution in [3.05, 3.63) is 14.9 Å². The highest BCUT2D eigenvalue weighted by Crippen LogP contribution is 2.36. The van der Waals surface area contributed by atoms with Crippen LogP contribution in [-0.4, -0.2) is 49.6 Å². The lowest BCUT2D eigenvalue weighted by atomic mass is 10.3. The van der Waals surface area contributed by atoms with E-state index in [0.717, 1.165) is 15.6 Å². The van der Waals surface area contributed by atoms with Gasteiger partial charge in [0, 0.05) is 6.54 Å². The number of hydrogen-bond donors (Lipinski definition) is 1. The van der Waals surface area contributed by atoms with Crippen LogP contribution in [0, 0.1) is 0 Å². The first-order valence-electron chi connectivity index (χ1n) is 5.12. The molecule has 0 radical (unpaired) electrons. The van der Waals surface area contributed by atoms with Gasteiger partial charge in [0.2, 0.25) is 0 Å². The van der Waals surface area contributed by atoms with E-state index in [1.807, 2.05) is 0 Å². The number of carboxylic acid groups (broad SMARTS) is 1. The Bertz CT molecular complexity index is 582. The Balaban J connectivity index is 2.26. The number of sulfonamides is 1. The summed E-state index contributed by atoms with van der Waals surface area (Å²) in [6.07, 6.45) is -1.14. The molecule has 0 saturated carbocycles. The summed E-state index contributed by atoms with van der Waals surface area (Å²) in [5.74, 6) is -1.18. The lowest BCUT2D eigenvalue weighted by Crippen LogP contribution is -2.48. The van der Waals surface area contributed by atoms with Crippen LogP contribution in [0.4, 0.5) is 0 Å². The van der Waals surface area contributed by atoms with E-state index in [-0.39, 0.29) is 23.9 Å². The molecule has 0 aromatic carbocycles. The van der Waals surface area contributed by atoms with Gasteiger partial charge in [-0.2, -0.15) is 4.31 Å². The number of carbonyl (C=O) groups is 1. The molecule has 1 saturated heterocycles. The van der Waals surface area contributed by atoms with Crippen molar-refractivity contribution in [2.45, 2.75) is 10.3 Å². The molecule has 1 aliphatic heterocycles. The molecule has 1 N–H and O–H groups in total. The van der Waals surface area contributed by atoms with Crippen LogP contribution in [0.2, 0.25) is 5.02 Å². The fraction of sp³-hybridized carbons (Fsp3) is 0.444. The number of carboxylic acids is 1. The quantitative estimate of drug-likeness (QED) is 0.848. The molecule has 0 amide bonds. The molecular formula is C9H9BrClNO5S2. The van der Waals surface area contributed by atoms with E-state index < -0.39 is 22.1 Å². The molecule has 6 nitrogen and oxygen atoms in total. The Labute approximate surface area is 127 Å². The van der Waals surface area contributed by atoms with Crippen LogP contribution in [0.3, 0.4) is 0 Å². The topological polar surface area (TPSA) is 83.9 Å². The van der Waals surface area contributed by atoms with Gasteiger partial charge in [-0.05, 0) is 22.0 Å². The molecule has 19 heavy (non-hydrogen) atoms. The maximum absolute atomic E-state index is 12.3. The summed E-state index contributed by atoms with van der Waals surface area (Å²) in [6, 6.07) is 1.34. The molecule has 0 aliphatic carbocycles. The van der Waals surface area contributed by atoms with Crippen LogP contribution < -0.4 is 0 Å². The highest BCUT2D eigenvalue weighted by atomic mass is 79.9. The average molecular weight is 391 g/mol. The summed E-state index contributed by atoms with van der Waals surface area (Å²) in [4.78, 5) is 10.8. The highest BCUT2D eigenvalue weighted by Gasteiger charge is 2.35. The second-order valence-corrected chi connectivity index (χ2v) is 8.69. The maximum atomic E-state index is 12.3. The molecule has 1 fully saturated rings. The largest absolute Gasteiger partial charge is 0.479 e. The molecule has 1 aromatic heterocycles. The molecule has 2 rings (SSSR count). The summed E-state index contributed by atoms with van der Waals surface area (Å²) < 4.78 is 31.4. The van der Waals surface area contributed by atoms with Crippen LogP contribution in [0.25, 0.3) is 0 Å². The summed E-state index contributed by atoms with van der Waals surface area (Å²) in [6.45, 7) is -0.0273. The Morgan fingerprint density at radius 1 is 1.63 bits per heavy atom. The van der Waals surface area contributed by atoms with Crippen molar-refractivity contribution in [2.24, 2.45) is 0 Å². The third-order valence-corrected chi connectivity index (χ3v) is 7.31. The van der Waals surface area contributed by atoms with E-state index in [2.05, 4.69) is 15.9 Å². The lowest BCUT2D eigenvalue weighted by Gasteiger charge is -2.29. The van der Waals surface area contributed by atoms with E-state index in [9.17, 15) is 13.2 Å². The number of aliphatic carboxylic acids is 1. The van der Waals surface area contributed by atoms with Gasteiger partial charge < -0.3 is 9.84 Å². The van der Waals surface area contributed by atoms with Gasteiger partial charge in [-0.1, -0.05) is 11.6 Å². The summed E-state index contributed by atoms with van der Waals surface area (Å²) in [5.41, 5.74) is 0. The zero-order valence-corrected chi connectivity index (χ0v) is 13.4. The standard InChI is InChI=1S/C9H9BrClNO5S2/c10-8-5(11)3-7(18-8)19(15,16)12-1-2-17-6(4-12)9(13)14/h3,6H,1-2,4H2,(H,13,14). The number of morpholine rings is 1. The molecule has 1 unspecified atom stereocenters. The summed E-state index contributed by atoms with van der Waals surface area (Å²) in [5, 5.41) is 9.18. The molecule has 2 heterocycles. The van der Waals surface area contributed by atoms with Crippen molar-refractivity contribution < 1.29 is 23.1 Å². The zero-order chi connectivity index (χ0) is 14.2. The predicted octanol–water partition coefficient (Wildman–Crippen LogP) is 1.64. The van der Waals surface area contributed by atoms with Gasteiger partial charge >= 0.3 is 5.97 Å². The van der Waals surface area contributed by atoms with Gasteiger partial charge in [-0.3, -0.25) is 0 Å². The minimum atomic E-state index is -3.74. The number of nitrogens with zero attached hydrogens (tertiary/aromatic N) is 1. The van der Waals surface area contributed by atoms with E-state index in [0.29, 0.717) is 8.81 Å². The Kier molecular flexibility index (Phi) is 4.53. The number of ether oxygens (including phenoxy) is 1. The summed E-state index contributed by atoms with van der Waals surface area (Å²) in [7, 11) is -3.74. The van der Waals surface area contributed by atoms with Gasteiger partial charge in [0.15, 0.2) is 6.10 Å². The maximum Gasteiger partial charge on any atom is 0.334 e. The Hall–Kier alpha value is -0.190. The lowest BCUT2D eigenvalue weighted by molar-refractivity contribution is -0.153. The van der Waals surface area contributed by atoms with Crippen LogP contribution in [-0.2, 0) is 19.6 Å². The summed E-state index contributed by atoms with van der Waals surface area (Å²) >= 11 is 9.96. The smallest absolute Gasteiger partial charge is 0.334 e. The molecule has 106 valence electrons. The Morgan fingerprint density at radius 3 is 2.84 bits per heavy atom. The number of hydrogen-bond acceptors (Lipinski definition) is 5. The third kappa shape index (κ3) is 3.11. The first kappa shape index (κ1) is 15.2. The molecule has 1 aromatic rings. The van der Waals surface area contributed by atoms with Gasteiger partial charge in [0.1, 0.15) is 4.21 Å². The van der Waals surface area contributed by atoms with Crippen molar-refractivity contribution >= 4 is 54.9 Å². The zero-order valence-electron chi connectivity index (χ0n) is 9.38. The fourth-order valence-corrected chi connectivity index (χ4v) is 5.55. The van der Waals surface area contributed by atoms with Gasteiger partial charge in [0.05, 0.1) is 22.0 Å². The number of thiophene rings is 1. The van der Waals surface area contributed by atoms with E-state index in [1.165, 1.54) is 6.07 Å². The monoisotopic (exact) mass is 389 g/mol. The van der Waals surface area contributed by atoms with Crippen LogP contribution in [0.5, 0.6) is 0 Å². The van der Waals surface area contributed by atoms with Crippen molar-refractivity contribution in [1.82, 2.24) is 4.31 Å². The molecule has 0 bridgehead atoms. The SMILES string of the molecule is O=C(O)C1CN(S(=O)(=O)c2cc(Cl)c(Br)s2)CCO1. The second kappa shape index (κ2) is 5.66. The predicted molar refractivity (Wildman–Crippen MR) is 73.2 cm³/mol. The van der Waals surface area contributed by atoms with Gasteiger partial charge in [0.25, 0.3) is 10.0 Å². The van der Waals surface area contributed by atoms with Gasteiger partial charge in [-0.15, -0.1) is 11.3 Å². The normalized spacial score (nSPS) is 21.5. The van der Waals surface area contributed by atoms with Crippen LogP contribution >= 0.6 is 38.9 Å². The first-order valence-corrected chi connectivity index (χ1v) is 8.54. The van der Waals surface area contributed by atoms with Crippen molar-refractivity contribution in [3.8, 4) is 0 Å². The number of rotatable bonds is 3. The Morgan fingerprint density at radius 2 is 2.32 bits per heavy atom. The average Bonchev–Trinajstić information content (AvgIpc) is 2.70. The molecule has 10 heteroatoms. The fourth-order valence-electron chi connectivity index (χ4n) is 1.57. The van der Waals surface area contributed by atoms with Crippen LogP contribution in [0.15, 0.2) is 14.1 Å². The highest BCUT2D eigenvalue weighted by molar-refractivity contribution is 9.11. The van der Waals surface area contributed by atoms with Crippen LogP contribution in [0.1, 0.15) is 0 Å². The van der Waals surface area contributed by atoms with E-state index in [1.54, 1.807) is 0 Å². The minimum absolute atomic E-state index is 0.0521. The number of halogens is 2. The molecule has 0 spiro atoms. The molecular weight excluding hydrogens is 382 g/mol. The van der Waals surface area contributed by atoms with Crippen molar-refractivity contribution in [2.75, 3.05) is 19.7 Å². The van der Waals surface area contributed by atoms with Gasteiger partial charge in [-0.25, -0.2) is 13.2 Å². The first-order chi connectivity index (χ1) is 8.82. The van der Waals surface area contributed by atoms with E-state index >= 15 is 0 Å². The second-order valence-electron chi connectivity index (χ2n) is 3.75.